The van der Waals surface area contributed by atoms with Crippen molar-refractivity contribution in [2.75, 3.05) is 5.32 Å². The average Bonchev–Trinajstić information content (AvgIpc) is 2.86. The summed E-state index contributed by atoms with van der Waals surface area (Å²) < 4.78 is 3.46. The first-order valence-corrected chi connectivity index (χ1v) is 7.13. The summed E-state index contributed by atoms with van der Waals surface area (Å²) >= 11 is 16.5. The number of rotatable bonds is 3. The third-order valence-corrected chi connectivity index (χ3v) is 3.34. The molecule has 0 aliphatic carbocycles. The van der Waals surface area contributed by atoms with Gasteiger partial charge in [-0.2, -0.15) is 0 Å². The number of carbonyl (C=O) groups is 1. The molecule has 0 aliphatic heterocycles. The monoisotopic (exact) mass is 347 g/mol. The van der Waals surface area contributed by atoms with Crippen LogP contribution in [0.5, 0.6) is 0 Å². The Morgan fingerprint density at radius 3 is 2.52 bits per heavy atom. The lowest BCUT2D eigenvalue weighted by atomic mass is 10.1. The summed E-state index contributed by atoms with van der Waals surface area (Å²) in [4.78, 5) is 11.6. The lowest BCUT2D eigenvalue weighted by molar-refractivity contribution is -0.115. The van der Waals surface area contributed by atoms with Crippen molar-refractivity contribution >= 4 is 46.4 Å². The molecular formula is C14H12Cl3NO3. The number of amides is 1. The van der Waals surface area contributed by atoms with Gasteiger partial charge in [-0.25, -0.2) is 0 Å². The number of aliphatic hydroxyl groups excluding tert-OH is 1. The van der Waals surface area contributed by atoms with E-state index < -0.39 is 9.70 Å². The highest BCUT2D eigenvalue weighted by Crippen LogP contribution is 2.30. The average molecular weight is 349 g/mol. The van der Waals surface area contributed by atoms with Crippen molar-refractivity contribution < 1.29 is 14.3 Å². The second kappa shape index (κ2) is 6.28. The van der Waals surface area contributed by atoms with Crippen molar-refractivity contribution in [3.05, 3.63) is 41.7 Å². The smallest absolute Gasteiger partial charge is 0.276 e. The minimum absolute atomic E-state index is 0.156. The number of benzene rings is 1. The van der Waals surface area contributed by atoms with Crippen LogP contribution in [0.1, 0.15) is 11.3 Å². The van der Waals surface area contributed by atoms with E-state index in [0.29, 0.717) is 17.2 Å². The van der Waals surface area contributed by atoms with Gasteiger partial charge in [-0.05, 0) is 42.8 Å². The molecule has 2 rings (SSSR count). The quantitative estimate of drug-likeness (QED) is 0.822. The zero-order valence-corrected chi connectivity index (χ0v) is 13.3. The molecule has 1 heterocycles. The van der Waals surface area contributed by atoms with E-state index in [4.69, 9.17) is 44.3 Å². The molecule has 1 aromatic carbocycles. The maximum Gasteiger partial charge on any atom is 0.276 e. The molecule has 0 spiro atoms. The number of hydrogen-bond acceptors (Lipinski definition) is 3. The van der Waals surface area contributed by atoms with E-state index in [1.807, 2.05) is 6.92 Å². The van der Waals surface area contributed by atoms with Crippen LogP contribution in [0.25, 0.3) is 11.3 Å². The summed E-state index contributed by atoms with van der Waals surface area (Å²) in [5.74, 6) is 0.397. The summed E-state index contributed by atoms with van der Waals surface area (Å²) in [5, 5.41) is 11.5. The SMILES string of the molecule is Cc1cc(NC(=O)C(Cl)(Cl)Cl)ccc1-c1ccc(CO)o1. The Morgan fingerprint density at radius 1 is 1.29 bits per heavy atom. The van der Waals surface area contributed by atoms with E-state index in [2.05, 4.69) is 5.32 Å². The minimum atomic E-state index is -2.01. The Kier molecular flexibility index (Phi) is 4.84. The van der Waals surface area contributed by atoms with Gasteiger partial charge in [-0.15, -0.1) is 0 Å². The van der Waals surface area contributed by atoms with Gasteiger partial charge in [0.05, 0.1) is 0 Å². The van der Waals surface area contributed by atoms with Gasteiger partial charge in [0.2, 0.25) is 0 Å². The summed E-state index contributed by atoms with van der Waals surface area (Å²) in [7, 11) is 0. The van der Waals surface area contributed by atoms with Crippen molar-refractivity contribution in [2.45, 2.75) is 17.3 Å². The number of anilines is 1. The molecule has 21 heavy (non-hydrogen) atoms. The van der Waals surface area contributed by atoms with Gasteiger partial charge >= 0.3 is 0 Å². The Bertz CT molecular complexity index is 662. The Morgan fingerprint density at radius 2 is 2.00 bits per heavy atom. The van der Waals surface area contributed by atoms with E-state index >= 15 is 0 Å². The first-order chi connectivity index (χ1) is 9.81. The van der Waals surface area contributed by atoms with Crippen molar-refractivity contribution in [2.24, 2.45) is 0 Å². The van der Waals surface area contributed by atoms with Gasteiger partial charge in [0, 0.05) is 11.3 Å². The Labute approximate surface area is 136 Å². The van der Waals surface area contributed by atoms with Gasteiger partial charge in [0.25, 0.3) is 9.70 Å². The van der Waals surface area contributed by atoms with Crippen LogP contribution >= 0.6 is 34.8 Å². The molecule has 0 saturated carbocycles. The van der Waals surface area contributed by atoms with Crippen LogP contribution in [0.2, 0.25) is 0 Å². The molecule has 2 aromatic rings. The molecule has 2 N–H and O–H groups in total. The highest BCUT2D eigenvalue weighted by Gasteiger charge is 2.30. The van der Waals surface area contributed by atoms with Crippen LogP contribution in [0.3, 0.4) is 0 Å². The molecule has 112 valence electrons. The third-order valence-electron chi connectivity index (χ3n) is 2.82. The largest absolute Gasteiger partial charge is 0.459 e. The van der Waals surface area contributed by atoms with Crippen molar-refractivity contribution in [1.29, 1.82) is 0 Å². The molecule has 0 radical (unpaired) electrons. The predicted molar refractivity (Wildman–Crippen MR) is 83.7 cm³/mol. The first-order valence-electron chi connectivity index (χ1n) is 6.00. The molecule has 7 heteroatoms. The van der Waals surface area contributed by atoms with Crippen LogP contribution in [-0.2, 0) is 11.4 Å². The number of furan rings is 1. The van der Waals surface area contributed by atoms with Crippen molar-refractivity contribution in [1.82, 2.24) is 0 Å². The van der Waals surface area contributed by atoms with Crippen LogP contribution in [0.4, 0.5) is 5.69 Å². The first kappa shape index (κ1) is 16.2. The zero-order chi connectivity index (χ0) is 15.6. The summed E-state index contributed by atoms with van der Waals surface area (Å²) in [6, 6.07) is 8.67. The van der Waals surface area contributed by atoms with E-state index in [1.165, 1.54) is 0 Å². The normalized spacial score (nSPS) is 11.5. The second-order valence-corrected chi connectivity index (χ2v) is 6.69. The number of alkyl halides is 3. The van der Waals surface area contributed by atoms with E-state index in [9.17, 15) is 4.79 Å². The van der Waals surface area contributed by atoms with Gasteiger partial charge < -0.3 is 14.8 Å². The van der Waals surface area contributed by atoms with E-state index in [0.717, 1.165) is 11.1 Å². The Balaban J connectivity index is 2.23. The lowest BCUT2D eigenvalue weighted by Crippen LogP contribution is -2.26. The van der Waals surface area contributed by atoms with Gasteiger partial charge in [-0.3, -0.25) is 4.79 Å². The second-order valence-electron chi connectivity index (χ2n) is 4.41. The third kappa shape index (κ3) is 3.92. The Hall–Kier alpha value is -1.20. The number of halogens is 3. The molecular weight excluding hydrogens is 337 g/mol. The molecule has 0 unspecified atom stereocenters. The molecule has 1 amide bonds. The number of nitrogens with one attached hydrogen (secondary N) is 1. The molecule has 1 aromatic heterocycles. The zero-order valence-electron chi connectivity index (χ0n) is 11.0. The summed E-state index contributed by atoms with van der Waals surface area (Å²) in [6.45, 7) is 1.71. The maximum atomic E-state index is 11.6. The highest BCUT2D eigenvalue weighted by molar-refractivity contribution is 6.76. The van der Waals surface area contributed by atoms with Crippen LogP contribution in [0, 0.1) is 6.92 Å². The number of hydrogen-bond donors (Lipinski definition) is 2. The van der Waals surface area contributed by atoms with E-state index in [-0.39, 0.29) is 6.61 Å². The molecule has 0 bridgehead atoms. The summed E-state index contributed by atoms with van der Waals surface area (Å²) in [5.41, 5.74) is 2.24. The topological polar surface area (TPSA) is 62.5 Å². The fourth-order valence-corrected chi connectivity index (χ4v) is 1.97. The number of carbonyl (C=O) groups excluding carboxylic acids is 1. The number of aryl methyl sites for hydroxylation is 1. The fraction of sp³-hybridized carbons (Fsp3) is 0.214. The molecule has 0 saturated heterocycles. The van der Waals surface area contributed by atoms with Crippen molar-refractivity contribution in [3.8, 4) is 11.3 Å². The molecule has 0 atom stereocenters. The molecule has 0 aliphatic rings. The van der Waals surface area contributed by atoms with Crippen molar-refractivity contribution in [3.63, 3.8) is 0 Å². The van der Waals surface area contributed by atoms with Crippen LogP contribution in [-0.4, -0.2) is 14.8 Å². The highest BCUT2D eigenvalue weighted by atomic mass is 35.6. The van der Waals surface area contributed by atoms with Gasteiger partial charge in [0.1, 0.15) is 18.1 Å². The maximum absolute atomic E-state index is 11.6. The fourth-order valence-electron chi connectivity index (χ4n) is 1.83. The standard InChI is InChI=1S/C14H12Cl3NO3/c1-8-6-9(18-13(20)14(15,16)17)2-4-11(8)12-5-3-10(7-19)21-12/h2-6,19H,7H2,1H3,(H,18,20). The molecule has 0 fully saturated rings. The predicted octanol–water partition coefficient (Wildman–Crippen LogP) is 4.06. The van der Waals surface area contributed by atoms with Crippen LogP contribution in [0.15, 0.2) is 34.7 Å². The number of aliphatic hydroxyl groups is 1. The lowest BCUT2D eigenvalue weighted by Gasteiger charge is -2.12. The van der Waals surface area contributed by atoms with Gasteiger partial charge in [-0.1, -0.05) is 34.8 Å². The molecule has 4 nitrogen and oxygen atoms in total. The minimum Gasteiger partial charge on any atom is -0.459 e. The summed E-state index contributed by atoms with van der Waals surface area (Å²) in [6.07, 6.45) is 0. The van der Waals surface area contributed by atoms with Crippen LogP contribution < -0.4 is 5.32 Å². The van der Waals surface area contributed by atoms with E-state index in [1.54, 1.807) is 30.3 Å². The van der Waals surface area contributed by atoms with Gasteiger partial charge in [0.15, 0.2) is 0 Å².